The summed E-state index contributed by atoms with van der Waals surface area (Å²) in [6.45, 7) is 3.55. The van der Waals surface area contributed by atoms with Crippen LogP contribution in [0.3, 0.4) is 0 Å². The molecule has 4 nitrogen and oxygen atoms in total. The lowest BCUT2D eigenvalue weighted by Gasteiger charge is -2.25. The summed E-state index contributed by atoms with van der Waals surface area (Å²) in [5.41, 5.74) is 0.999. The summed E-state index contributed by atoms with van der Waals surface area (Å²) in [6.07, 6.45) is 0. The number of carbonyl (C=O) groups is 1. The second-order valence-electron chi connectivity index (χ2n) is 7.13. The first-order chi connectivity index (χ1) is 14.8. The van der Waals surface area contributed by atoms with Crippen molar-refractivity contribution in [2.45, 2.75) is 21.3 Å². The Morgan fingerprint density at radius 1 is 0.800 bits per heavy atom. The van der Waals surface area contributed by atoms with Crippen molar-refractivity contribution in [1.29, 1.82) is 0 Å². The van der Waals surface area contributed by atoms with E-state index >= 15 is 0 Å². The van der Waals surface area contributed by atoms with Gasteiger partial charge in [0.2, 0.25) is 0 Å². The van der Waals surface area contributed by atoms with Crippen LogP contribution >= 0.6 is 0 Å². The second kappa shape index (κ2) is 10.4. The first kappa shape index (κ1) is 20.7. The summed E-state index contributed by atoms with van der Waals surface area (Å²) in [7, 11) is -0.167. The quantitative estimate of drug-likeness (QED) is 0.425. The highest BCUT2D eigenvalue weighted by Crippen LogP contribution is 2.31. The zero-order valence-electron chi connectivity index (χ0n) is 16.9. The van der Waals surface area contributed by atoms with Gasteiger partial charge in [-0.3, -0.25) is 9.69 Å². The van der Waals surface area contributed by atoms with Gasteiger partial charge in [0.15, 0.2) is 14.7 Å². The molecule has 3 aromatic rings. The maximum Gasteiger partial charge on any atom is 0.320 e. The number of hydrogen-bond donors (Lipinski definition) is 0. The molecule has 154 valence electrons. The Balaban J connectivity index is 1.42. The minimum atomic E-state index is -0.186. The third-order valence-corrected chi connectivity index (χ3v) is 7.20. The molecular formula is C25H26NO3S+. The molecule has 4 rings (SSSR count). The molecule has 0 unspecified atom stereocenters. The highest BCUT2D eigenvalue weighted by Gasteiger charge is 2.28. The standard InChI is InChI=1S/C25H26NO3S/c27-25(19-26-15-17-28-18-16-26)29-20-21-11-13-24(14-12-21)30(22-7-3-1-4-8-22)23-9-5-2-6-10-23/h1-14H,15-20H2/q+1. The van der Waals surface area contributed by atoms with Crippen LogP contribution in [0.5, 0.6) is 0 Å². The summed E-state index contributed by atoms with van der Waals surface area (Å²) < 4.78 is 10.8. The van der Waals surface area contributed by atoms with E-state index in [-0.39, 0.29) is 16.9 Å². The number of rotatable bonds is 7. The van der Waals surface area contributed by atoms with Gasteiger partial charge in [0.05, 0.1) is 30.7 Å². The van der Waals surface area contributed by atoms with E-state index in [1.807, 2.05) is 12.1 Å². The number of hydrogen-bond acceptors (Lipinski definition) is 4. The Hall–Kier alpha value is -2.60. The van der Waals surface area contributed by atoms with Crippen molar-refractivity contribution in [3.05, 3.63) is 90.5 Å². The fourth-order valence-corrected chi connectivity index (χ4v) is 5.48. The van der Waals surface area contributed by atoms with Crippen LogP contribution in [0, 0.1) is 0 Å². The minimum absolute atomic E-state index is 0.167. The van der Waals surface area contributed by atoms with E-state index in [0.717, 1.165) is 18.7 Å². The average Bonchev–Trinajstić information content (AvgIpc) is 2.81. The fourth-order valence-electron chi connectivity index (χ4n) is 3.39. The SMILES string of the molecule is O=C(CN1CCOCC1)OCc1ccc([S+](c2ccccc2)c2ccccc2)cc1. The van der Waals surface area contributed by atoms with Gasteiger partial charge in [-0.05, 0) is 42.0 Å². The van der Waals surface area contributed by atoms with Crippen LogP contribution in [0.25, 0.3) is 0 Å². The average molecular weight is 421 g/mol. The van der Waals surface area contributed by atoms with Crippen LogP contribution in [-0.2, 0) is 31.8 Å². The molecule has 0 bridgehead atoms. The summed E-state index contributed by atoms with van der Waals surface area (Å²) in [5, 5.41) is 0. The molecule has 1 aliphatic rings. The second-order valence-corrected chi connectivity index (χ2v) is 9.15. The minimum Gasteiger partial charge on any atom is -0.460 e. The van der Waals surface area contributed by atoms with Crippen molar-refractivity contribution in [3.8, 4) is 0 Å². The molecule has 1 saturated heterocycles. The molecular weight excluding hydrogens is 394 g/mol. The van der Waals surface area contributed by atoms with Crippen molar-refractivity contribution >= 4 is 16.9 Å². The number of nitrogens with zero attached hydrogens (tertiary/aromatic N) is 1. The van der Waals surface area contributed by atoms with E-state index in [1.165, 1.54) is 14.7 Å². The number of benzene rings is 3. The van der Waals surface area contributed by atoms with Gasteiger partial charge in [-0.15, -0.1) is 0 Å². The summed E-state index contributed by atoms with van der Waals surface area (Å²) in [6, 6.07) is 29.6. The van der Waals surface area contributed by atoms with Gasteiger partial charge >= 0.3 is 5.97 Å². The Kier molecular flexibility index (Phi) is 7.19. The lowest BCUT2D eigenvalue weighted by molar-refractivity contribution is -0.147. The smallest absolute Gasteiger partial charge is 0.320 e. The summed E-state index contributed by atoms with van der Waals surface area (Å²) in [5.74, 6) is -0.186. The molecule has 1 heterocycles. The molecule has 0 atom stereocenters. The van der Waals surface area contributed by atoms with Crippen LogP contribution in [-0.4, -0.2) is 43.7 Å². The zero-order chi connectivity index (χ0) is 20.6. The molecule has 0 radical (unpaired) electrons. The molecule has 3 aromatic carbocycles. The zero-order valence-corrected chi connectivity index (χ0v) is 17.7. The Morgan fingerprint density at radius 3 is 1.90 bits per heavy atom. The van der Waals surface area contributed by atoms with E-state index in [4.69, 9.17) is 9.47 Å². The summed E-state index contributed by atoms with van der Waals surface area (Å²) >= 11 is 0. The number of morpholine rings is 1. The van der Waals surface area contributed by atoms with Gasteiger partial charge in [-0.2, -0.15) is 0 Å². The van der Waals surface area contributed by atoms with Gasteiger partial charge in [-0.25, -0.2) is 0 Å². The molecule has 1 aliphatic heterocycles. The van der Waals surface area contributed by atoms with Crippen molar-refractivity contribution < 1.29 is 14.3 Å². The van der Waals surface area contributed by atoms with Crippen molar-refractivity contribution in [1.82, 2.24) is 4.90 Å². The first-order valence-corrected chi connectivity index (χ1v) is 11.4. The normalized spacial score (nSPS) is 14.6. The molecule has 0 amide bonds. The van der Waals surface area contributed by atoms with Crippen LogP contribution in [0.1, 0.15) is 5.56 Å². The van der Waals surface area contributed by atoms with Gasteiger partial charge in [0.25, 0.3) is 0 Å². The molecule has 1 fully saturated rings. The fraction of sp³-hybridized carbons (Fsp3) is 0.240. The van der Waals surface area contributed by atoms with Gasteiger partial charge in [0.1, 0.15) is 6.61 Å². The molecule has 0 spiro atoms. The van der Waals surface area contributed by atoms with Crippen LogP contribution in [0.2, 0.25) is 0 Å². The highest BCUT2D eigenvalue weighted by atomic mass is 32.2. The van der Waals surface area contributed by atoms with Crippen molar-refractivity contribution in [2.75, 3.05) is 32.8 Å². The lowest BCUT2D eigenvalue weighted by Crippen LogP contribution is -2.40. The predicted octanol–water partition coefficient (Wildman–Crippen LogP) is 4.16. The largest absolute Gasteiger partial charge is 0.460 e. The van der Waals surface area contributed by atoms with Crippen LogP contribution in [0.15, 0.2) is 99.6 Å². The molecule has 0 N–H and O–H groups in total. The van der Waals surface area contributed by atoms with E-state index in [2.05, 4.69) is 77.7 Å². The third kappa shape index (κ3) is 5.51. The summed E-state index contributed by atoms with van der Waals surface area (Å²) in [4.78, 5) is 18.0. The molecule has 5 heteroatoms. The Labute approximate surface area is 180 Å². The van der Waals surface area contributed by atoms with Crippen molar-refractivity contribution in [3.63, 3.8) is 0 Å². The third-order valence-electron chi connectivity index (χ3n) is 4.97. The maximum atomic E-state index is 12.1. The van der Waals surface area contributed by atoms with E-state index < -0.39 is 0 Å². The number of ether oxygens (including phenoxy) is 2. The highest BCUT2D eigenvalue weighted by molar-refractivity contribution is 7.97. The predicted molar refractivity (Wildman–Crippen MR) is 119 cm³/mol. The van der Waals surface area contributed by atoms with E-state index in [1.54, 1.807) is 0 Å². The Bertz CT molecular complexity index is 886. The number of carbonyl (C=O) groups excluding carboxylic acids is 1. The maximum absolute atomic E-state index is 12.1. The molecule has 0 saturated carbocycles. The number of esters is 1. The van der Waals surface area contributed by atoms with Crippen LogP contribution < -0.4 is 0 Å². The van der Waals surface area contributed by atoms with E-state index in [0.29, 0.717) is 26.4 Å². The van der Waals surface area contributed by atoms with Gasteiger partial charge in [-0.1, -0.05) is 48.5 Å². The van der Waals surface area contributed by atoms with Gasteiger partial charge in [0, 0.05) is 13.1 Å². The lowest BCUT2D eigenvalue weighted by atomic mass is 10.2. The van der Waals surface area contributed by atoms with Gasteiger partial charge < -0.3 is 9.47 Å². The molecule has 0 aromatic heterocycles. The topological polar surface area (TPSA) is 38.8 Å². The molecule has 0 aliphatic carbocycles. The molecule has 30 heavy (non-hydrogen) atoms. The van der Waals surface area contributed by atoms with Crippen molar-refractivity contribution in [2.24, 2.45) is 0 Å². The monoisotopic (exact) mass is 420 g/mol. The Morgan fingerprint density at radius 2 is 1.33 bits per heavy atom. The van der Waals surface area contributed by atoms with Crippen LogP contribution in [0.4, 0.5) is 0 Å². The first-order valence-electron chi connectivity index (χ1n) is 10.2. The van der Waals surface area contributed by atoms with E-state index in [9.17, 15) is 4.79 Å².